The second-order valence-electron chi connectivity index (χ2n) is 6.73. The van der Waals surface area contributed by atoms with Crippen molar-refractivity contribution in [2.45, 2.75) is 52.1 Å². The molecule has 0 spiro atoms. The van der Waals surface area contributed by atoms with Crippen molar-refractivity contribution in [3.8, 4) is 0 Å². The fraction of sp³-hybridized carbons (Fsp3) is 0.412. The van der Waals surface area contributed by atoms with Crippen LogP contribution in [0, 0.1) is 0 Å². The number of sulfonamides is 1. The maximum absolute atomic E-state index is 13.1. The molecule has 2 aliphatic heterocycles. The molecule has 2 unspecified atom stereocenters. The molecular formula is C17H18BrNO4S3. The smallest absolute Gasteiger partial charge is 0.223 e. The molecule has 4 rings (SSSR count). The molecule has 0 saturated carbocycles. The average Bonchev–Trinajstić information content (AvgIpc) is 3.17. The summed E-state index contributed by atoms with van der Waals surface area (Å²) in [6.45, 7) is 0. The summed E-state index contributed by atoms with van der Waals surface area (Å²) in [5.41, 5.74) is 0. The van der Waals surface area contributed by atoms with E-state index in [0.717, 1.165) is 16.6 Å². The monoisotopic (exact) mass is 475 g/mol. The van der Waals surface area contributed by atoms with Gasteiger partial charge in [-0.3, -0.25) is 0 Å². The molecule has 0 amide bonds. The quantitative estimate of drug-likeness (QED) is 0.675. The summed E-state index contributed by atoms with van der Waals surface area (Å²) in [5, 5.41) is -0.524. The van der Waals surface area contributed by atoms with Crippen LogP contribution in [-0.2, 0) is 19.9 Å². The predicted molar refractivity (Wildman–Crippen MR) is 105 cm³/mol. The van der Waals surface area contributed by atoms with Gasteiger partial charge < -0.3 is 0 Å². The van der Waals surface area contributed by atoms with E-state index in [2.05, 4.69) is 15.9 Å². The van der Waals surface area contributed by atoms with Gasteiger partial charge in [0.25, 0.3) is 10.0 Å². The van der Waals surface area contributed by atoms with E-state index in [1.54, 1.807) is 46.8 Å². The Bertz CT molecular complexity index is 1000. The Morgan fingerprint density at radius 2 is 1.54 bits per heavy atom. The molecule has 3 heterocycles. The lowest BCUT2D eigenvalue weighted by molar-refractivity contribution is 0.249. The highest BCUT2D eigenvalue weighted by atomic mass is 79.9. The molecule has 140 valence electrons. The number of fused-ring (bicyclic) bond motifs is 2. The topological polar surface area (TPSA) is 71.5 Å². The number of piperidine rings is 1. The highest BCUT2D eigenvalue weighted by Crippen LogP contribution is 2.44. The Morgan fingerprint density at radius 1 is 0.923 bits per heavy atom. The lowest BCUT2D eigenvalue weighted by Crippen LogP contribution is -2.49. The van der Waals surface area contributed by atoms with Gasteiger partial charge in [0.05, 0.1) is 13.9 Å². The Morgan fingerprint density at radius 3 is 2.08 bits per heavy atom. The fourth-order valence-electron chi connectivity index (χ4n) is 4.07. The van der Waals surface area contributed by atoms with Crippen LogP contribution in [0.2, 0.25) is 0 Å². The first-order valence-electron chi connectivity index (χ1n) is 8.38. The van der Waals surface area contributed by atoms with Gasteiger partial charge in [-0.2, -0.15) is 4.31 Å². The summed E-state index contributed by atoms with van der Waals surface area (Å²) in [7, 11) is -7.03. The maximum Gasteiger partial charge on any atom is 0.253 e. The Labute approximate surface area is 166 Å². The van der Waals surface area contributed by atoms with Crippen LogP contribution in [0.5, 0.6) is 0 Å². The van der Waals surface area contributed by atoms with E-state index < -0.39 is 25.1 Å². The average molecular weight is 476 g/mol. The third-order valence-corrected chi connectivity index (χ3v) is 11.5. The summed E-state index contributed by atoms with van der Waals surface area (Å²) < 4.78 is 54.7. The third kappa shape index (κ3) is 3.07. The predicted octanol–water partition coefficient (Wildman–Crippen LogP) is 3.67. The first-order chi connectivity index (χ1) is 12.3. The second kappa shape index (κ2) is 6.70. The Hall–Kier alpha value is -0.740. The van der Waals surface area contributed by atoms with E-state index in [4.69, 9.17) is 0 Å². The number of benzene rings is 1. The van der Waals surface area contributed by atoms with Crippen molar-refractivity contribution in [1.82, 2.24) is 4.31 Å². The molecule has 5 nitrogen and oxygen atoms in total. The van der Waals surface area contributed by atoms with Crippen LogP contribution in [0.3, 0.4) is 0 Å². The normalized spacial score (nSPS) is 26.9. The summed E-state index contributed by atoms with van der Waals surface area (Å²) >= 11 is 4.50. The van der Waals surface area contributed by atoms with Crippen molar-refractivity contribution in [3.05, 3.63) is 46.3 Å². The minimum atomic E-state index is -3.58. The van der Waals surface area contributed by atoms with Gasteiger partial charge in [0.15, 0.2) is 9.84 Å². The molecule has 0 aliphatic carbocycles. The Balaban J connectivity index is 1.63. The fourth-order valence-corrected chi connectivity index (χ4v) is 9.95. The first kappa shape index (κ1) is 18.6. The van der Waals surface area contributed by atoms with Crippen molar-refractivity contribution in [2.75, 3.05) is 0 Å². The lowest BCUT2D eigenvalue weighted by atomic mass is 10.1. The summed E-state index contributed by atoms with van der Waals surface area (Å²) in [6, 6.07) is 11.3. The van der Waals surface area contributed by atoms with Gasteiger partial charge in [0.2, 0.25) is 0 Å². The van der Waals surface area contributed by atoms with E-state index in [1.165, 1.54) is 11.3 Å². The van der Waals surface area contributed by atoms with Crippen molar-refractivity contribution >= 4 is 47.1 Å². The maximum atomic E-state index is 13.1. The van der Waals surface area contributed by atoms with Crippen molar-refractivity contribution in [1.29, 1.82) is 0 Å². The zero-order valence-corrected chi connectivity index (χ0v) is 17.8. The molecule has 2 aromatic rings. The largest absolute Gasteiger partial charge is 0.253 e. The second-order valence-corrected chi connectivity index (χ2v) is 13.5. The molecule has 26 heavy (non-hydrogen) atoms. The van der Waals surface area contributed by atoms with Crippen LogP contribution >= 0.6 is 27.3 Å². The number of thiophene rings is 1. The van der Waals surface area contributed by atoms with Gasteiger partial charge in [0.1, 0.15) is 4.21 Å². The summed E-state index contributed by atoms with van der Waals surface area (Å²) in [5.74, 6) is 0. The van der Waals surface area contributed by atoms with Crippen molar-refractivity contribution < 1.29 is 16.8 Å². The molecule has 0 radical (unpaired) electrons. The molecule has 9 heteroatoms. The number of hydrogen-bond donors (Lipinski definition) is 0. The standard InChI is InChI=1S/C17H18BrNO4S3/c18-16-8-9-17(24-16)26(22,23)19-12-6-7-13(19)11-15(10-12)25(20,21)14-4-2-1-3-5-14/h1-5,8-9,12-13,15H,6-7,10-11H2. The van der Waals surface area contributed by atoms with E-state index in [9.17, 15) is 16.8 Å². The molecule has 0 N–H and O–H groups in total. The molecule has 2 atom stereocenters. The zero-order valence-electron chi connectivity index (χ0n) is 13.8. The number of halogens is 1. The minimum absolute atomic E-state index is 0.247. The van der Waals surface area contributed by atoms with Crippen LogP contribution in [-0.4, -0.2) is 38.5 Å². The van der Waals surface area contributed by atoms with E-state index in [-0.39, 0.29) is 12.1 Å². The molecular weight excluding hydrogens is 458 g/mol. The van der Waals surface area contributed by atoms with E-state index in [1.807, 2.05) is 0 Å². The van der Waals surface area contributed by atoms with E-state index >= 15 is 0 Å². The number of nitrogens with zero attached hydrogens (tertiary/aromatic N) is 1. The van der Waals surface area contributed by atoms with Gasteiger partial charge in [-0.05, 0) is 65.9 Å². The SMILES string of the molecule is O=S(=O)(c1ccccc1)C1CC2CCC(C1)N2S(=O)(=O)c1ccc(Br)s1. The number of sulfone groups is 1. The van der Waals surface area contributed by atoms with Gasteiger partial charge in [-0.1, -0.05) is 18.2 Å². The van der Waals surface area contributed by atoms with E-state index in [0.29, 0.717) is 21.9 Å². The van der Waals surface area contributed by atoms with Gasteiger partial charge in [0, 0.05) is 12.1 Å². The molecule has 1 aromatic heterocycles. The molecule has 2 aliphatic rings. The minimum Gasteiger partial charge on any atom is -0.223 e. The van der Waals surface area contributed by atoms with Crippen LogP contribution < -0.4 is 0 Å². The Kier molecular flexibility index (Phi) is 4.80. The van der Waals surface area contributed by atoms with Gasteiger partial charge in [-0.25, -0.2) is 16.8 Å². The molecule has 1 aromatic carbocycles. The number of rotatable bonds is 4. The summed E-state index contributed by atoms with van der Waals surface area (Å²) in [6.07, 6.45) is 2.16. The van der Waals surface area contributed by atoms with Crippen LogP contribution in [0.15, 0.2) is 55.4 Å². The molecule has 2 fully saturated rings. The summed E-state index contributed by atoms with van der Waals surface area (Å²) in [4.78, 5) is 0.322. The zero-order chi connectivity index (χ0) is 18.5. The van der Waals surface area contributed by atoms with Crippen molar-refractivity contribution in [2.24, 2.45) is 0 Å². The lowest BCUT2D eigenvalue weighted by Gasteiger charge is -2.37. The highest BCUT2D eigenvalue weighted by molar-refractivity contribution is 9.11. The van der Waals surface area contributed by atoms with Crippen LogP contribution in [0.4, 0.5) is 0 Å². The third-order valence-electron chi connectivity index (χ3n) is 5.21. The van der Waals surface area contributed by atoms with Gasteiger partial charge >= 0.3 is 0 Å². The van der Waals surface area contributed by atoms with Crippen molar-refractivity contribution in [3.63, 3.8) is 0 Å². The molecule has 2 bridgehead atoms. The van der Waals surface area contributed by atoms with Crippen LogP contribution in [0.1, 0.15) is 25.7 Å². The first-order valence-corrected chi connectivity index (χ1v) is 13.0. The molecule has 2 saturated heterocycles. The highest BCUT2D eigenvalue weighted by Gasteiger charge is 2.50. The van der Waals surface area contributed by atoms with Gasteiger partial charge in [-0.15, -0.1) is 11.3 Å². The van der Waals surface area contributed by atoms with Crippen LogP contribution in [0.25, 0.3) is 0 Å². The number of hydrogen-bond acceptors (Lipinski definition) is 5.